The highest BCUT2D eigenvalue weighted by atomic mass is 16.6. The quantitative estimate of drug-likeness (QED) is 0.522. The Morgan fingerprint density at radius 3 is 2.46 bits per heavy atom. The largest absolute Gasteiger partial charge is 0.364 e. The van der Waals surface area contributed by atoms with Gasteiger partial charge in [0.2, 0.25) is 0 Å². The third kappa shape index (κ3) is 3.02. The number of aromatic amines is 1. The Hall–Kier alpha value is -3.56. The van der Waals surface area contributed by atoms with E-state index in [1.807, 2.05) is 0 Å². The van der Waals surface area contributed by atoms with Crippen molar-refractivity contribution in [3.05, 3.63) is 50.6 Å². The fourth-order valence-corrected chi connectivity index (χ4v) is 3.72. The molecule has 2 heterocycles. The monoisotopic (exact) mass is 382 g/mol. The molecule has 1 aliphatic carbocycles. The number of nitrogens with one attached hydrogen (secondary N) is 1. The van der Waals surface area contributed by atoms with Gasteiger partial charge in [-0.15, -0.1) is 0 Å². The minimum Gasteiger partial charge on any atom is -0.364 e. The first-order valence-electron chi connectivity index (χ1n) is 9.02. The van der Waals surface area contributed by atoms with Crippen molar-refractivity contribution in [3.63, 3.8) is 0 Å². The van der Waals surface area contributed by atoms with Gasteiger partial charge in [-0.3, -0.25) is 19.5 Å². The molecule has 3 aromatic rings. The van der Waals surface area contributed by atoms with Crippen LogP contribution in [-0.4, -0.2) is 30.3 Å². The van der Waals surface area contributed by atoms with Crippen molar-refractivity contribution in [1.29, 1.82) is 0 Å². The van der Waals surface area contributed by atoms with E-state index in [-0.39, 0.29) is 34.5 Å². The van der Waals surface area contributed by atoms with Crippen LogP contribution in [0.3, 0.4) is 0 Å². The summed E-state index contributed by atoms with van der Waals surface area (Å²) in [5.41, 5.74) is 6.01. The van der Waals surface area contributed by atoms with Crippen molar-refractivity contribution in [2.24, 2.45) is 5.73 Å². The van der Waals surface area contributed by atoms with Crippen LogP contribution in [0.5, 0.6) is 0 Å². The second kappa shape index (κ2) is 6.87. The number of carbonyl (C=O) groups is 1. The van der Waals surface area contributed by atoms with Crippen LogP contribution in [0.15, 0.2) is 29.1 Å². The zero-order valence-corrected chi connectivity index (χ0v) is 14.9. The topological polar surface area (TPSA) is 150 Å². The number of hydrogen-bond donors (Lipinski definition) is 2. The van der Waals surface area contributed by atoms with Crippen molar-refractivity contribution in [2.75, 3.05) is 0 Å². The molecule has 144 valence electrons. The molecule has 1 saturated carbocycles. The molecular formula is C18H18N6O4. The van der Waals surface area contributed by atoms with E-state index in [0.29, 0.717) is 11.2 Å². The van der Waals surface area contributed by atoms with Gasteiger partial charge >= 0.3 is 5.69 Å². The number of primary amides is 1. The zero-order chi connectivity index (χ0) is 19.8. The van der Waals surface area contributed by atoms with Gasteiger partial charge in [0.05, 0.1) is 4.92 Å². The third-order valence-corrected chi connectivity index (χ3v) is 5.08. The molecule has 0 unspecified atom stereocenters. The van der Waals surface area contributed by atoms with Crippen molar-refractivity contribution in [2.45, 2.75) is 38.1 Å². The zero-order valence-electron chi connectivity index (χ0n) is 14.9. The molecule has 2 aromatic heterocycles. The molecule has 28 heavy (non-hydrogen) atoms. The predicted molar refractivity (Wildman–Crippen MR) is 101 cm³/mol. The minimum atomic E-state index is -0.785. The van der Waals surface area contributed by atoms with Gasteiger partial charge in [0, 0.05) is 23.7 Å². The summed E-state index contributed by atoms with van der Waals surface area (Å²) in [6.07, 6.45) is 4.88. The first kappa shape index (κ1) is 17.8. The minimum absolute atomic E-state index is 0.00432. The molecule has 3 N–H and O–H groups in total. The molecule has 1 fully saturated rings. The average molecular weight is 382 g/mol. The van der Waals surface area contributed by atoms with Crippen molar-refractivity contribution in [1.82, 2.24) is 19.5 Å². The number of nitrogens with zero attached hydrogens (tertiary/aromatic N) is 4. The predicted octanol–water partition coefficient (Wildman–Crippen LogP) is 2.30. The number of hydrogen-bond acceptors (Lipinski definition) is 6. The van der Waals surface area contributed by atoms with Crippen molar-refractivity contribution >= 4 is 22.8 Å². The smallest absolute Gasteiger partial charge is 0.327 e. The maximum Gasteiger partial charge on any atom is 0.327 e. The van der Waals surface area contributed by atoms with E-state index in [9.17, 15) is 19.7 Å². The lowest BCUT2D eigenvalue weighted by atomic mass is 9.95. The number of imidazole rings is 1. The highest BCUT2D eigenvalue weighted by Crippen LogP contribution is 2.30. The first-order valence-corrected chi connectivity index (χ1v) is 9.02. The van der Waals surface area contributed by atoms with Gasteiger partial charge in [0.25, 0.3) is 11.6 Å². The van der Waals surface area contributed by atoms with E-state index in [0.717, 1.165) is 32.1 Å². The Bertz CT molecular complexity index is 1130. The molecule has 4 rings (SSSR count). The number of fused-ring (bicyclic) bond motifs is 1. The Labute approximate surface area is 158 Å². The summed E-state index contributed by atoms with van der Waals surface area (Å²) in [6.45, 7) is 0. The number of rotatable bonds is 4. The Morgan fingerprint density at radius 2 is 1.86 bits per heavy atom. The molecule has 1 amide bonds. The van der Waals surface area contributed by atoms with Gasteiger partial charge in [-0.2, -0.15) is 0 Å². The molecule has 1 aliphatic rings. The van der Waals surface area contributed by atoms with Crippen LogP contribution in [0.4, 0.5) is 5.69 Å². The van der Waals surface area contributed by atoms with Crippen LogP contribution in [0.1, 0.15) is 48.6 Å². The first-order chi connectivity index (χ1) is 13.5. The second-order valence-electron chi connectivity index (χ2n) is 6.85. The lowest BCUT2D eigenvalue weighted by Crippen LogP contribution is -2.24. The molecule has 0 atom stereocenters. The molecule has 10 nitrogen and oxygen atoms in total. The number of H-pyrrole nitrogens is 1. The van der Waals surface area contributed by atoms with Crippen LogP contribution in [0, 0.1) is 10.1 Å². The highest BCUT2D eigenvalue weighted by molar-refractivity contribution is 6.01. The van der Waals surface area contributed by atoms with Gasteiger partial charge in [-0.05, 0) is 25.0 Å². The summed E-state index contributed by atoms with van der Waals surface area (Å²) in [4.78, 5) is 46.3. The number of aromatic nitrogens is 4. The molecule has 1 aromatic carbocycles. The van der Waals surface area contributed by atoms with E-state index in [1.165, 1.54) is 24.3 Å². The van der Waals surface area contributed by atoms with E-state index < -0.39 is 10.8 Å². The summed E-state index contributed by atoms with van der Waals surface area (Å²) in [5, 5.41) is 10.9. The molecule has 0 aliphatic heterocycles. The van der Waals surface area contributed by atoms with Gasteiger partial charge in [-0.25, -0.2) is 14.8 Å². The highest BCUT2D eigenvalue weighted by Gasteiger charge is 2.24. The van der Waals surface area contributed by atoms with E-state index >= 15 is 0 Å². The number of amides is 1. The fraction of sp³-hybridized carbons (Fsp3) is 0.333. The molecular weight excluding hydrogens is 364 g/mol. The normalized spacial score (nSPS) is 15.0. The fourth-order valence-electron chi connectivity index (χ4n) is 3.72. The summed E-state index contributed by atoms with van der Waals surface area (Å²) >= 11 is 0. The Kier molecular flexibility index (Phi) is 4.38. The van der Waals surface area contributed by atoms with Gasteiger partial charge in [-0.1, -0.05) is 19.3 Å². The number of nitrogens with two attached hydrogens (primary N) is 1. The van der Waals surface area contributed by atoms with Crippen molar-refractivity contribution in [3.8, 4) is 11.4 Å². The van der Waals surface area contributed by atoms with E-state index in [4.69, 9.17) is 5.73 Å². The molecule has 10 heteroatoms. The molecule has 0 radical (unpaired) electrons. The van der Waals surface area contributed by atoms with Crippen LogP contribution < -0.4 is 11.4 Å². The SMILES string of the molecule is NC(=O)c1nc(-c2ccc([N+](=O)[O-])cc2)nc2c1[nH]c(=O)n2C1CCCCC1. The van der Waals surface area contributed by atoms with Crippen LogP contribution in [0.2, 0.25) is 0 Å². The Morgan fingerprint density at radius 1 is 1.18 bits per heavy atom. The average Bonchev–Trinajstić information content (AvgIpc) is 3.03. The maximum absolute atomic E-state index is 12.6. The summed E-state index contributed by atoms with van der Waals surface area (Å²) in [7, 11) is 0. The number of carbonyl (C=O) groups excluding carboxylic acids is 1. The summed E-state index contributed by atoms with van der Waals surface area (Å²) in [5.74, 6) is -0.604. The Balaban J connectivity index is 1.91. The number of nitro benzene ring substituents is 1. The van der Waals surface area contributed by atoms with Crippen LogP contribution in [-0.2, 0) is 0 Å². The summed E-state index contributed by atoms with van der Waals surface area (Å²) < 4.78 is 1.58. The summed E-state index contributed by atoms with van der Waals surface area (Å²) in [6, 6.07) is 5.66. The van der Waals surface area contributed by atoms with E-state index in [1.54, 1.807) is 4.57 Å². The lowest BCUT2D eigenvalue weighted by Gasteiger charge is -2.22. The van der Waals surface area contributed by atoms with Crippen molar-refractivity contribution < 1.29 is 9.72 Å². The van der Waals surface area contributed by atoms with Gasteiger partial charge in [0.1, 0.15) is 5.52 Å². The molecule has 0 saturated heterocycles. The standard InChI is InChI=1S/C18H18N6O4/c19-15(25)13-14-17(23(18(26)21-14)11-4-2-1-3-5-11)22-16(20-13)10-6-8-12(9-7-10)24(27)28/h6-9,11H,1-5H2,(H2,19,25)(H,21,26). The molecule has 0 bridgehead atoms. The second-order valence-corrected chi connectivity index (χ2v) is 6.85. The van der Waals surface area contributed by atoms with Gasteiger partial charge in [0.15, 0.2) is 17.2 Å². The third-order valence-electron chi connectivity index (χ3n) is 5.08. The molecule has 0 spiro atoms. The number of benzene rings is 1. The lowest BCUT2D eigenvalue weighted by molar-refractivity contribution is -0.384. The van der Waals surface area contributed by atoms with E-state index in [2.05, 4.69) is 15.0 Å². The van der Waals surface area contributed by atoms with Gasteiger partial charge < -0.3 is 10.7 Å². The number of non-ortho nitro benzene ring substituents is 1. The maximum atomic E-state index is 12.6. The van der Waals surface area contributed by atoms with Crippen LogP contribution in [0.25, 0.3) is 22.6 Å². The number of nitro groups is 1. The van der Waals surface area contributed by atoms with Crippen LogP contribution >= 0.6 is 0 Å².